The Bertz CT molecular complexity index is 260. The Morgan fingerprint density at radius 3 is 2.91 bits per heavy atom. The lowest BCUT2D eigenvalue weighted by Gasteiger charge is -1.95. The average molecular weight is 176 g/mol. The van der Waals surface area contributed by atoms with Crippen LogP contribution in [-0.2, 0) is 6.54 Å². The molecule has 1 heterocycles. The Balaban J connectivity index is 0.000001000. The molecule has 0 radical (unpaired) electrons. The minimum Gasteiger partial charge on any atom is -0.367 e. The van der Waals surface area contributed by atoms with E-state index >= 15 is 0 Å². The lowest BCUT2D eigenvalue weighted by Crippen LogP contribution is -2.24. The van der Waals surface area contributed by atoms with Gasteiger partial charge in [0.25, 0.3) is 0 Å². The van der Waals surface area contributed by atoms with Gasteiger partial charge in [-0.2, -0.15) is 0 Å². The molecule has 0 saturated carbocycles. The summed E-state index contributed by atoms with van der Waals surface area (Å²) in [5, 5.41) is 0. The monoisotopic (exact) mass is 175 g/mol. The maximum absolute atomic E-state index is 10.9. The van der Waals surface area contributed by atoms with E-state index in [0.29, 0.717) is 12.1 Å². The molecule has 0 aliphatic heterocycles. The second-order valence-corrected chi connectivity index (χ2v) is 1.91. The van der Waals surface area contributed by atoms with Crippen LogP contribution in [0.2, 0.25) is 0 Å². The summed E-state index contributed by atoms with van der Waals surface area (Å²) < 4.78 is 0. The van der Waals surface area contributed by atoms with Gasteiger partial charge in [-0.05, 0) is 0 Å². The van der Waals surface area contributed by atoms with Crippen molar-refractivity contribution in [2.45, 2.75) is 6.54 Å². The molecule has 1 aromatic heterocycles. The fourth-order valence-corrected chi connectivity index (χ4v) is 0.699. The predicted octanol–water partition coefficient (Wildman–Crippen LogP) is -0.240. The van der Waals surface area contributed by atoms with E-state index in [1.807, 2.05) is 0 Å². The van der Waals surface area contributed by atoms with Crippen LogP contribution in [0.5, 0.6) is 0 Å². The molecule has 4 nitrogen and oxygen atoms in total. The van der Waals surface area contributed by atoms with Crippen LogP contribution in [0.15, 0.2) is 23.3 Å². The van der Waals surface area contributed by atoms with E-state index in [2.05, 4.69) is 10.4 Å². The molecule has 1 rings (SSSR count). The zero-order valence-electron chi connectivity index (χ0n) is 5.83. The van der Waals surface area contributed by atoms with E-state index in [1.54, 1.807) is 12.4 Å². The van der Waals surface area contributed by atoms with Gasteiger partial charge in [0.1, 0.15) is 0 Å². The van der Waals surface area contributed by atoms with Gasteiger partial charge in [-0.3, -0.25) is 16.1 Å². The molecular weight excluding hydrogens is 166 g/mol. The molecule has 0 aliphatic carbocycles. The van der Waals surface area contributed by atoms with Gasteiger partial charge < -0.3 is 4.98 Å². The normalized spacial score (nSPS) is 8.82. The Morgan fingerprint density at radius 2 is 2.36 bits per heavy atom. The van der Waals surface area contributed by atoms with Gasteiger partial charge in [-0.25, -0.2) is 0 Å². The van der Waals surface area contributed by atoms with Crippen LogP contribution in [-0.4, -0.2) is 4.98 Å². The van der Waals surface area contributed by atoms with Crippen molar-refractivity contribution in [1.82, 2.24) is 10.4 Å². The third-order valence-electron chi connectivity index (χ3n) is 1.20. The lowest BCUT2D eigenvalue weighted by molar-refractivity contribution is 0.734. The molecule has 11 heavy (non-hydrogen) atoms. The fourth-order valence-electron chi connectivity index (χ4n) is 0.699. The minimum absolute atomic E-state index is 0. The zero-order chi connectivity index (χ0) is 7.40. The van der Waals surface area contributed by atoms with Gasteiger partial charge in [-0.1, -0.05) is 0 Å². The van der Waals surface area contributed by atoms with Crippen LogP contribution >= 0.6 is 12.4 Å². The number of aromatic amines is 1. The number of rotatable bonds is 2. The second-order valence-electron chi connectivity index (χ2n) is 1.91. The van der Waals surface area contributed by atoms with Crippen molar-refractivity contribution in [3.05, 3.63) is 34.2 Å². The number of hydrazine groups is 1. The summed E-state index contributed by atoms with van der Waals surface area (Å²) >= 11 is 0. The number of nitrogens with two attached hydrogens (primary N) is 1. The number of hydrogen-bond donors (Lipinski definition) is 3. The highest BCUT2D eigenvalue weighted by Gasteiger charge is 1.93. The van der Waals surface area contributed by atoms with Crippen LogP contribution in [0.25, 0.3) is 0 Å². The van der Waals surface area contributed by atoms with Crippen molar-refractivity contribution >= 4 is 12.4 Å². The smallest absolute Gasteiger partial charge is 0.186 e. The van der Waals surface area contributed by atoms with Crippen LogP contribution < -0.4 is 16.7 Å². The zero-order valence-corrected chi connectivity index (χ0v) is 6.65. The van der Waals surface area contributed by atoms with E-state index < -0.39 is 0 Å². The number of nitrogens with one attached hydrogen (secondary N) is 2. The molecule has 0 aliphatic rings. The second kappa shape index (κ2) is 4.90. The third-order valence-corrected chi connectivity index (χ3v) is 1.20. The highest BCUT2D eigenvalue weighted by Crippen LogP contribution is 1.83. The summed E-state index contributed by atoms with van der Waals surface area (Å²) in [7, 11) is 0. The van der Waals surface area contributed by atoms with E-state index in [0.717, 1.165) is 0 Å². The summed E-state index contributed by atoms with van der Waals surface area (Å²) in [4.78, 5) is 13.7. The Hall–Kier alpha value is -0.840. The number of aromatic nitrogens is 1. The summed E-state index contributed by atoms with van der Waals surface area (Å²) in [6.07, 6.45) is 3.21. The fraction of sp³-hybridized carbons (Fsp3) is 0.167. The standard InChI is InChI=1S/C6H9N3O.ClH/c7-9-4-5-3-8-2-1-6(5)10;/h1-3,9H,4,7H2,(H,8,10);1H. The van der Waals surface area contributed by atoms with Crippen molar-refractivity contribution < 1.29 is 0 Å². The molecule has 4 N–H and O–H groups in total. The van der Waals surface area contributed by atoms with Crippen molar-refractivity contribution in [2.24, 2.45) is 5.84 Å². The minimum atomic E-state index is -0.00306. The lowest BCUT2D eigenvalue weighted by atomic mass is 10.3. The highest BCUT2D eigenvalue weighted by atomic mass is 35.5. The molecule has 62 valence electrons. The first-order chi connectivity index (χ1) is 4.84. The molecule has 0 saturated heterocycles. The summed E-state index contributed by atoms with van der Waals surface area (Å²) in [6.45, 7) is 0.399. The molecule has 0 aromatic carbocycles. The summed E-state index contributed by atoms with van der Waals surface area (Å²) in [5.74, 6) is 5.03. The van der Waals surface area contributed by atoms with Gasteiger partial charge in [0, 0.05) is 30.6 Å². The number of H-pyrrole nitrogens is 1. The van der Waals surface area contributed by atoms with E-state index in [4.69, 9.17) is 5.84 Å². The van der Waals surface area contributed by atoms with E-state index in [9.17, 15) is 4.79 Å². The van der Waals surface area contributed by atoms with Crippen molar-refractivity contribution in [3.8, 4) is 0 Å². The topological polar surface area (TPSA) is 70.9 Å². The Kier molecular flexibility index (Phi) is 4.52. The van der Waals surface area contributed by atoms with Gasteiger partial charge >= 0.3 is 0 Å². The van der Waals surface area contributed by atoms with Crippen molar-refractivity contribution in [1.29, 1.82) is 0 Å². The number of halogens is 1. The maximum atomic E-state index is 10.9. The number of pyridine rings is 1. The SMILES string of the molecule is Cl.NNCc1c[nH]ccc1=O. The molecule has 0 amide bonds. The van der Waals surface area contributed by atoms with E-state index in [-0.39, 0.29) is 17.8 Å². The Morgan fingerprint density at radius 1 is 1.64 bits per heavy atom. The average Bonchev–Trinajstić information content (AvgIpc) is 1.94. The number of hydrogen-bond acceptors (Lipinski definition) is 3. The molecular formula is C6H10ClN3O. The molecule has 0 fully saturated rings. The first-order valence-electron chi connectivity index (χ1n) is 2.94. The maximum Gasteiger partial charge on any atom is 0.186 e. The molecule has 5 heteroatoms. The van der Waals surface area contributed by atoms with Crippen LogP contribution in [0.1, 0.15) is 5.56 Å². The largest absolute Gasteiger partial charge is 0.367 e. The van der Waals surface area contributed by atoms with Crippen molar-refractivity contribution in [2.75, 3.05) is 0 Å². The molecule has 0 spiro atoms. The summed E-state index contributed by atoms with van der Waals surface area (Å²) in [6, 6.07) is 1.46. The quantitative estimate of drug-likeness (QED) is 0.429. The van der Waals surface area contributed by atoms with Gasteiger partial charge in [0.15, 0.2) is 5.43 Å². The third kappa shape index (κ3) is 2.71. The van der Waals surface area contributed by atoms with Gasteiger partial charge in [-0.15, -0.1) is 12.4 Å². The first kappa shape index (κ1) is 10.2. The first-order valence-corrected chi connectivity index (χ1v) is 2.94. The van der Waals surface area contributed by atoms with Crippen molar-refractivity contribution in [3.63, 3.8) is 0 Å². The highest BCUT2D eigenvalue weighted by molar-refractivity contribution is 5.85. The predicted molar refractivity (Wildman–Crippen MR) is 45.3 cm³/mol. The van der Waals surface area contributed by atoms with Crippen LogP contribution in [0.4, 0.5) is 0 Å². The Labute approximate surface area is 70.2 Å². The molecule has 1 aromatic rings. The molecule has 0 atom stereocenters. The van der Waals surface area contributed by atoms with Gasteiger partial charge in [0.2, 0.25) is 0 Å². The molecule has 0 bridgehead atoms. The summed E-state index contributed by atoms with van der Waals surface area (Å²) in [5.41, 5.74) is 3.05. The van der Waals surface area contributed by atoms with Crippen LogP contribution in [0.3, 0.4) is 0 Å². The van der Waals surface area contributed by atoms with Crippen LogP contribution in [0, 0.1) is 0 Å². The van der Waals surface area contributed by atoms with E-state index in [1.165, 1.54) is 6.07 Å². The molecule has 0 unspecified atom stereocenters. The van der Waals surface area contributed by atoms with Gasteiger partial charge in [0.05, 0.1) is 0 Å².